The van der Waals surface area contributed by atoms with Crippen LogP contribution < -0.4 is 5.32 Å². The summed E-state index contributed by atoms with van der Waals surface area (Å²) in [7, 11) is 0. The van der Waals surface area contributed by atoms with Crippen molar-refractivity contribution in [2.45, 2.75) is 140 Å². The minimum absolute atomic E-state index is 0.164. The fourth-order valence-electron chi connectivity index (χ4n) is 3.65. The van der Waals surface area contributed by atoms with Gasteiger partial charge in [-0.3, -0.25) is 0 Å². The van der Waals surface area contributed by atoms with E-state index in [1.165, 1.54) is 96.8 Å². The summed E-state index contributed by atoms with van der Waals surface area (Å²) < 4.78 is 5.37. The van der Waals surface area contributed by atoms with Gasteiger partial charge in [0.15, 0.2) is 0 Å². The van der Waals surface area contributed by atoms with E-state index in [-0.39, 0.29) is 11.9 Å². The van der Waals surface area contributed by atoms with E-state index in [4.69, 9.17) is 4.74 Å². The van der Waals surface area contributed by atoms with Gasteiger partial charge < -0.3 is 0 Å². The Morgan fingerprint density at radius 1 is 0.767 bits per heavy atom. The summed E-state index contributed by atoms with van der Waals surface area (Å²) in [6.45, 7) is 4.20. The molecule has 1 amide bonds. The fourth-order valence-corrected chi connectivity index (χ4v) is 4.64. The van der Waals surface area contributed by atoms with Crippen molar-refractivity contribution in [3.8, 4) is 0 Å². The monoisotopic (exact) mass is 491 g/mol. The first-order valence-corrected chi connectivity index (χ1v) is 15.5. The van der Waals surface area contributed by atoms with Gasteiger partial charge in [-0.05, 0) is 0 Å². The zero-order chi connectivity index (χ0) is 22.3. The standard InChI is InChI=1S/C25H49NO3Se/c1-4-5-6-7-8-9-10-11-12-13-14-15-16-17-18-19-21-29-25(28)24(20-22-30-3)26-23(2)27/h24H,4-22H2,1-3H3,(H,26,27)/t24-/m0/s1. The van der Waals surface area contributed by atoms with Gasteiger partial charge in [0.25, 0.3) is 0 Å². The molecule has 0 rings (SSSR count). The number of nitrogens with one attached hydrogen (secondary N) is 1. The van der Waals surface area contributed by atoms with Crippen molar-refractivity contribution in [1.29, 1.82) is 0 Å². The second-order valence-electron chi connectivity index (χ2n) is 8.51. The summed E-state index contributed by atoms with van der Waals surface area (Å²) in [6, 6.07) is -0.467. The summed E-state index contributed by atoms with van der Waals surface area (Å²) in [5.74, 6) is 1.71. The second kappa shape index (κ2) is 23.1. The molecule has 1 N–H and O–H groups in total. The zero-order valence-corrected chi connectivity index (χ0v) is 21.9. The van der Waals surface area contributed by atoms with Crippen molar-refractivity contribution in [2.24, 2.45) is 0 Å². The van der Waals surface area contributed by atoms with Gasteiger partial charge in [0.1, 0.15) is 0 Å². The van der Waals surface area contributed by atoms with Crippen LogP contribution >= 0.6 is 0 Å². The van der Waals surface area contributed by atoms with Crippen molar-refractivity contribution in [1.82, 2.24) is 5.32 Å². The number of carbonyl (C=O) groups excluding carboxylic acids is 2. The van der Waals surface area contributed by atoms with Crippen LogP contribution in [0.4, 0.5) is 0 Å². The summed E-state index contributed by atoms with van der Waals surface area (Å²) in [5.41, 5.74) is 0. The van der Waals surface area contributed by atoms with Crippen LogP contribution in [0.25, 0.3) is 0 Å². The molecule has 0 spiro atoms. The Labute approximate surface area is 193 Å². The Bertz CT molecular complexity index is 404. The Morgan fingerprint density at radius 2 is 1.20 bits per heavy atom. The first-order chi connectivity index (χ1) is 14.6. The van der Waals surface area contributed by atoms with E-state index in [2.05, 4.69) is 18.1 Å². The molecule has 0 bridgehead atoms. The maximum atomic E-state index is 12.1. The van der Waals surface area contributed by atoms with Crippen molar-refractivity contribution < 1.29 is 14.3 Å². The number of hydrogen-bond acceptors (Lipinski definition) is 3. The summed E-state index contributed by atoms with van der Waals surface area (Å²) >= 11 is 0.505. The van der Waals surface area contributed by atoms with Crippen molar-refractivity contribution in [2.75, 3.05) is 6.61 Å². The molecule has 0 aromatic carbocycles. The molecular formula is C25H49NO3Se. The third-order valence-corrected chi connectivity index (χ3v) is 6.87. The van der Waals surface area contributed by atoms with Crippen molar-refractivity contribution >= 4 is 26.8 Å². The Balaban J connectivity index is 3.40. The first kappa shape index (κ1) is 29.5. The maximum absolute atomic E-state index is 12.1. The Morgan fingerprint density at radius 3 is 1.60 bits per heavy atom. The number of esters is 1. The summed E-state index contributed by atoms with van der Waals surface area (Å²) in [4.78, 5) is 23.4. The molecular weight excluding hydrogens is 441 g/mol. The van der Waals surface area contributed by atoms with Gasteiger partial charge >= 0.3 is 122 Å². The third kappa shape index (κ3) is 20.7. The van der Waals surface area contributed by atoms with Crippen LogP contribution in [-0.2, 0) is 14.3 Å². The van der Waals surface area contributed by atoms with Gasteiger partial charge in [-0.1, -0.05) is 71.1 Å². The molecule has 4 nitrogen and oxygen atoms in total. The molecule has 0 saturated heterocycles. The van der Waals surface area contributed by atoms with Gasteiger partial charge in [0, 0.05) is 0 Å². The van der Waals surface area contributed by atoms with E-state index in [1.54, 1.807) is 0 Å². The van der Waals surface area contributed by atoms with Gasteiger partial charge in [-0.25, -0.2) is 0 Å². The van der Waals surface area contributed by atoms with E-state index in [9.17, 15) is 9.59 Å². The average Bonchev–Trinajstić information content (AvgIpc) is 2.72. The van der Waals surface area contributed by atoms with Gasteiger partial charge in [0.05, 0.1) is 0 Å². The predicted molar refractivity (Wildman–Crippen MR) is 129 cm³/mol. The molecule has 0 aliphatic heterocycles. The van der Waals surface area contributed by atoms with E-state index in [0.717, 1.165) is 18.2 Å². The molecule has 0 aromatic heterocycles. The zero-order valence-electron chi connectivity index (χ0n) is 20.1. The minimum atomic E-state index is -0.467. The van der Waals surface area contributed by atoms with Crippen molar-refractivity contribution in [3.63, 3.8) is 0 Å². The Hall–Kier alpha value is -0.541. The number of amides is 1. The van der Waals surface area contributed by atoms with E-state index in [1.807, 2.05) is 0 Å². The second-order valence-corrected chi connectivity index (χ2v) is 10.6. The van der Waals surface area contributed by atoms with Crippen LogP contribution in [-0.4, -0.2) is 39.5 Å². The number of rotatable bonds is 22. The molecule has 5 heteroatoms. The van der Waals surface area contributed by atoms with Crippen LogP contribution in [0, 0.1) is 0 Å². The van der Waals surface area contributed by atoms with Gasteiger partial charge in [0.2, 0.25) is 0 Å². The third-order valence-electron chi connectivity index (χ3n) is 5.51. The van der Waals surface area contributed by atoms with Crippen LogP contribution in [0.1, 0.15) is 123 Å². The normalized spacial score (nSPS) is 12.0. The van der Waals surface area contributed by atoms with Gasteiger partial charge in [-0.15, -0.1) is 0 Å². The topological polar surface area (TPSA) is 55.4 Å². The van der Waals surface area contributed by atoms with Gasteiger partial charge in [-0.2, -0.15) is 0 Å². The molecule has 0 aliphatic rings. The number of unbranched alkanes of at least 4 members (excludes halogenated alkanes) is 15. The molecule has 1 atom stereocenters. The molecule has 0 unspecified atom stereocenters. The number of hydrogen-bond donors (Lipinski definition) is 1. The number of carbonyl (C=O) groups is 2. The number of ether oxygens (including phenoxy) is 1. The molecule has 0 aromatic rings. The van der Waals surface area contributed by atoms with Crippen molar-refractivity contribution in [3.05, 3.63) is 0 Å². The van der Waals surface area contributed by atoms with Crippen LogP contribution in [0.2, 0.25) is 11.1 Å². The molecule has 30 heavy (non-hydrogen) atoms. The molecule has 0 fully saturated rings. The first-order valence-electron chi connectivity index (χ1n) is 12.5. The summed E-state index contributed by atoms with van der Waals surface area (Å²) in [5, 5.41) is 3.70. The molecule has 0 heterocycles. The molecule has 0 saturated carbocycles. The van der Waals surface area contributed by atoms with E-state index < -0.39 is 6.04 Å². The molecule has 0 radical (unpaired) electrons. The quantitative estimate of drug-likeness (QED) is 0.102. The average molecular weight is 491 g/mol. The SMILES string of the molecule is CCCCCCCCCCCCCCCCCCOC(=O)[C@H](CC[Se]C)NC(C)=O. The fraction of sp³-hybridized carbons (Fsp3) is 0.920. The molecule has 0 aliphatic carbocycles. The van der Waals surface area contributed by atoms with Crippen LogP contribution in [0.5, 0.6) is 0 Å². The van der Waals surface area contributed by atoms with Crippen LogP contribution in [0.15, 0.2) is 0 Å². The van der Waals surface area contributed by atoms with E-state index in [0.29, 0.717) is 28.0 Å². The van der Waals surface area contributed by atoms with E-state index >= 15 is 0 Å². The molecule has 178 valence electrons. The van der Waals surface area contributed by atoms with Crippen LogP contribution in [0.3, 0.4) is 0 Å². The summed E-state index contributed by atoms with van der Waals surface area (Å²) in [6.07, 6.45) is 22.0. The Kier molecular flexibility index (Phi) is 22.7. The predicted octanol–water partition coefficient (Wildman–Crippen LogP) is 6.86.